The fraction of sp³-hybridized carbons (Fsp3) is 0.529. The molecule has 0 aromatic heterocycles. The molecule has 6 heteroatoms. The molecule has 0 spiro atoms. The van der Waals surface area contributed by atoms with E-state index < -0.39 is 24.0 Å². The van der Waals surface area contributed by atoms with Crippen molar-refractivity contribution in [2.75, 3.05) is 7.11 Å². The number of carbonyl (C=O) groups is 2. The van der Waals surface area contributed by atoms with Crippen molar-refractivity contribution in [3.63, 3.8) is 0 Å². The molecule has 1 aromatic carbocycles. The predicted octanol–water partition coefficient (Wildman–Crippen LogP) is 2.22. The number of benzene rings is 1. The van der Waals surface area contributed by atoms with Crippen LogP contribution in [-0.4, -0.2) is 36.2 Å². The molecule has 2 atom stereocenters. The van der Waals surface area contributed by atoms with Crippen molar-refractivity contribution >= 4 is 11.9 Å². The van der Waals surface area contributed by atoms with Gasteiger partial charge in [-0.15, -0.1) is 0 Å². The first kappa shape index (κ1) is 19.0. The van der Waals surface area contributed by atoms with Crippen LogP contribution in [0, 0.1) is 5.92 Å². The van der Waals surface area contributed by atoms with Gasteiger partial charge in [-0.2, -0.15) is 0 Å². The summed E-state index contributed by atoms with van der Waals surface area (Å²) < 4.78 is 10.6. The van der Waals surface area contributed by atoms with Crippen LogP contribution in [0.2, 0.25) is 0 Å². The number of ether oxygens (including phenoxy) is 2. The fourth-order valence-corrected chi connectivity index (χ4v) is 2.04. The first-order chi connectivity index (χ1) is 10.8. The van der Waals surface area contributed by atoms with Crippen LogP contribution in [0.25, 0.3) is 0 Å². The standard InChI is InChI=1S/C17H25NO5/c1-11(2)8-15(17(20)21)18-16(19)12(3)23-10-13-6-5-7-14(9-13)22-4/h5-7,9,11-12,15H,8,10H2,1-4H3,(H,18,19)(H,20,21)/t12?,15-/m1/s1. The maximum Gasteiger partial charge on any atom is 0.326 e. The number of hydrogen-bond donors (Lipinski definition) is 2. The number of rotatable bonds is 9. The van der Waals surface area contributed by atoms with Crippen molar-refractivity contribution in [2.45, 2.75) is 45.9 Å². The van der Waals surface area contributed by atoms with Gasteiger partial charge in [0.05, 0.1) is 13.7 Å². The van der Waals surface area contributed by atoms with E-state index >= 15 is 0 Å². The number of carbonyl (C=O) groups excluding carboxylic acids is 1. The van der Waals surface area contributed by atoms with Crippen LogP contribution in [0.4, 0.5) is 0 Å². The Morgan fingerprint density at radius 3 is 2.52 bits per heavy atom. The Morgan fingerprint density at radius 2 is 1.96 bits per heavy atom. The Kier molecular flexibility index (Phi) is 7.54. The molecule has 0 saturated heterocycles. The Labute approximate surface area is 136 Å². The van der Waals surface area contributed by atoms with E-state index in [4.69, 9.17) is 14.6 Å². The third kappa shape index (κ3) is 6.69. The van der Waals surface area contributed by atoms with Gasteiger partial charge in [0.1, 0.15) is 17.9 Å². The van der Waals surface area contributed by atoms with Crippen molar-refractivity contribution in [2.24, 2.45) is 5.92 Å². The summed E-state index contributed by atoms with van der Waals surface area (Å²) in [6, 6.07) is 6.45. The molecule has 2 N–H and O–H groups in total. The largest absolute Gasteiger partial charge is 0.497 e. The summed E-state index contributed by atoms with van der Waals surface area (Å²) >= 11 is 0. The van der Waals surface area contributed by atoms with E-state index in [1.54, 1.807) is 14.0 Å². The molecule has 0 aliphatic carbocycles. The number of nitrogens with one attached hydrogen (secondary N) is 1. The number of amides is 1. The minimum absolute atomic E-state index is 0.171. The summed E-state index contributed by atoms with van der Waals surface area (Å²) in [5, 5.41) is 11.7. The van der Waals surface area contributed by atoms with Crippen LogP contribution in [-0.2, 0) is 20.9 Å². The molecule has 0 aliphatic rings. The van der Waals surface area contributed by atoms with Gasteiger partial charge < -0.3 is 19.9 Å². The molecule has 6 nitrogen and oxygen atoms in total. The predicted molar refractivity (Wildman–Crippen MR) is 86.3 cm³/mol. The normalized spacial score (nSPS) is 13.4. The van der Waals surface area contributed by atoms with Crippen LogP contribution in [0.15, 0.2) is 24.3 Å². The molecule has 23 heavy (non-hydrogen) atoms. The van der Waals surface area contributed by atoms with Crippen LogP contribution < -0.4 is 10.1 Å². The molecule has 0 aliphatic heterocycles. The number of carboxylic acid groups (broad SMARTS) is 1. The summed E-state index contributed by atoms with van der Waals surface area (Å²) in [6.45, 7) is 5.66. The van der Waals surface area contributed by atoms with Crippen molar-refractivity contribution < 1.29 is 24.2 Å². The SMILES string of the molecule is COc1cccc(COC(C)C(=O)N[C@H](CC(C)C)C(=O)O)c1. The Bertz CT molecular complexity index is 529. The number of methoxy groups -OCH3 is 1. The van der Waals surface area contributed by atoms with Crippen LogP contribution >= 0.6 is 0 Å². The summed E-state index contributed by atoms with van der Waals surface area (Å²) in [4.78, 5) is 23.2. The monoisotopic (exact) mass is 323 g/mol. The highest BCUT2D eigenvalue weighted by Crippen LogP contribution is 2.14. The van der Waals surface area contributed by atoms with E-state index in [9.17, 15) is 9.59 Å². The first-order valence-electron chi connectivity index (χ1n) is 7.61. The van der Waals surface area contributed by atoms with Crippen LogP contribution in [0.1, 0.15) is 32.8 Å². The zero-order valence-corrected chi connectivity index (χ0v) is 14.0. The van der Waals surface area contributed by atoms with Gasteiger partial charge >= 0.3 is 5.97 Å². The molecule has 0 bridgehead atoms. The van der Waals surface area contributed by atoms with E-state index in [0.717, 1.165) is 5.56 Å². The van der Waals surface area contributed by atoms with Gasteiger partial charge in [0.2, 0.25) is 5.91 Å². The first-order valence-corrected chi connectivity index (χ1v) is 7.61. The highest BCUT2D eigenvalue weighted by Gasteiger charge is 2.24. The molecule has 1 unspecified atom stereocenters. The van der Waals surface area contributed by atoms with Gasteiger partial charge in [0.25, 0.3) is 0 Å². The second-order valence-corrected chi connectivity index (χ2v) is 5.83. The van der Waals surface area contributed by atoms with E-state index in [1.807, 2.05) is 38.1 Å². The van der Waals surface area contributed by atoms with Crippen molar-refractivity contribution in [1.82, 2.24) is 5.32 Å². The average molecular weight is 323 g/mol. The van der Waals surface area contributed by atoms with Gasteiger partial charge in [0, 0.05) is 0 Å². The van der Waals surface area contributed by atoms with Crippen molar-refractivity contribution in [1.29, 1.82) is 0 Å². The maximum absolute atomic E-state index is 12.1. The topological polar surface area (TPSA) is 84.9 Å². The smallest absolute Gasteiger partial charge is 0.326 e. The summed E-state index contributed by atoms with van der Waals surface area (Å²) in [7, 11) is 1.58. The number of carboxylic acids is 1. The third-order valence-electron chi connectivity index (χ3n) is 3.33. The van der Waals surface area contributed by atoms with Crippen LogP contribution in [0.5, 0.6) is 5.75 Å². The van der Waals surface area contributed by atoms with Crippen molar-refractivity contribution in [3.8, 4) is 5.75 Å². The van der Waals surface area contributed by atoms with E-state index in [-0.39, 0.29) is 12.5 Å². The molecule has 1 amide bonds. The lowest BCUT2D eigenvalue weighted by Gasteiger charge is -2.19. The highest BCUT2D eigenvalue weighted by atomic mass is 16.5. The summed E-state index contributed by atoms with van der Waals surface area (Å²) in [5.74, 6) is -0.580. The number of aliphatic carboxylic acids is 1. The lowest BCUT2D eigenvalue weighted by atomic mass is 10.0. The Morgan fingerprint density at radius 1 is 1.26 bits per heavy atom. The molecule has 1 rings (SSSR count). The minimum atomic E-state index is -1.04. The second-order valence-electron chi connectivity index (χ2n) is 5.83. The molecule has 0 saturated carbocycles. The van der Waals surface area contributed by atoms with Crippen molar-refractivity contribution in [3.05, 3.63) is 29.8 Å². The zero-order valence-electron chi connectivity index (χ0n) is 14.0. The molecule has 0 radical (unpaired) electrons. The number of hydrogen-bond acceptors (Lipinski definition) is 4. The van der Waals surface area contributed by atoms with E-state index in [1.165, 1.54) is 0 Å². The maximum atomic E-state index is 12.1. The minimum Gasteiger partial charge on any atom is -0.497 e. The quantitative estimate of drug-likeness (QED) is 0.728. The van der Waals surface area contributed by atoms with Gasteiger partial charge in [-0.05, 0) is 37.0 Å². The molecular formula is C17H25NO5. The Balaban J connectivity index is 2.53. The lowest BCUT2D eigenvalue weighted by Crippen LogP contribution is -2.46. The van der Waals surface area contributed by atoms with E-state index in [0.29, 0.717) is 12.2 Å². The second kappa shape index (κ2) is 9.15. The molecule has 0 fully saturated rings. The summed E-state index contributed by atoms with van der Waals surface area (Å²) in [5.41, 5.74) is 0.876. The van der Waals surface area contributed by atoms with Gasteiger partial charge in [-0.3, -0.25) is 4.79 Å². The molecular weight excluding hydrogens is 298 g/mol. The molecule has 1 aromatic rings. The molecule has 128 valence electrons. The van der Waals surface area contributed by atoms with Crippen LogP contribution in [0.3, 0.4) is 0 Å². The van der Waals surface area contributed by atoms with Gasteiger partial charge in [-0.25, -0.2) is 4.79 Å². The molecule has 0 heterocycles. The zero-order chi connectivity index (χ0) is 17.4. The third-order valence-corrected chi connectivity index (χ3v) is 3.33. The van der Waals surface area contributed by atoms with Gasteiger partial charge in [0.15, 0.2) is 0 Å². The van der Waals surface area contributed by atoms with E-state index in [2.05, 4.69) is 5.32 Å². The van der Waals surface area contributed by atoms with Gasteiger partial charge in [-0.1, -0.05) is 26.0 Å². The Hall–Kier alpha value is -2.08. The average Bonchev–Trinajstić information content (AvgIpc) is 2.51. The highest BCUT2D eigenvalue weighted by molar-refractivity contribution is 5.86. The lowest BCUT2D eigenvalue weighted by molar-refractivity contribution is -0.144. The fourth-order valence-electron chi connectivity index (χ4n) is 2.04. The summed E-state index contributed by atoms with van der Waals surface area (Å²) in [6.07, 6.45) is -0.362.